The Kier molecular flexibility index (Phi) is 5.76. The Morgan fingerprint density at radius 3 is 2.33 bits per heavy atom. The standard InChI is InChI=1S/C15H17F3N2O4/c16-15(17,18)10-19(12-5-7-24-8-6-12)14(21)9-11-1-3-13(4-2-11)20(22)23/h1-4,12H,5-10H2. The monoisotopic (exact) mass is 346 g/mol. The van der Waals surface area contributed by atoms with Crippen LogP contribution >= 0.6 is 0 Å². The van der Waals surface area contributed by atoms with Crippen LogP contribution in [0.3, 0.4) is 0 Å². The summed E-state index contributed by atoms with van der Waals surface area (Å²) in [6.45, 7) is -0.656. The Labute approximate surface area is 136 Å². The van der Waals surface area contributed by atoms with Crippen molar-refractivity contribution in [1.29, 1.82) is 0 Å². The molecule has 0 unspecified atom stereocenters. The van der Waals surface area contributed by atoms with Crippen molar-refractivity contribution in [3.8, 4) is 0 Å². The van der Waals surface area contributed by atoms with Gasteiger partial charge in [0.15, 0.2) is 0 Å². The van der Waals surface area contributed by atoms with Gasteiger partial charge >= 0.3 is 6.18 Å². The van der Waals surface area contributed by atoms with Crippen molar-refractivity contribution in [3.63, 3.8) is 0 Å². The summed E-state index contributed by atoms with van der Waals surface area (Å²) in [6, 6.07) is 4.71. The second-order valence-corrected chi connectivity index (χ2v) is 5.58. The van der Waals surface area contributed by atoms with Crippen molar-refractivity contribution in [1.82, 2.24) is 4.90 Å². The summed E-state index contributed by atoms with van der Waals surface area (Å²) in [5, 5.41) is 10.6. The van der Waals surface area contributed by atoms with E-state index in [-0.39, 0.29) is 12.1 Å². The van der Waals surface area contributed by atoms with Gasteiger partial charge in [-0.05, 0) is 18.4 Å². The first-order valence-corrected chi connectivity index (χ1v) is 7.43. The van der Waals surface area contributed by atoms with Crippen LogP contribution in [0, 0.1) is 10.1 Å². The summed E-state index contributed by atoms with van der Waals surface area (Å²) < 4.78 is 43.5. The highest BCUT2D eigenvalue weighted by Crippen LogP contribution is 2.23. The summed E-state index contributed by atoms with van der Waals surface area (Å²) in [5.41, 5.74) is 0.299. The maximum Gasteiger partial charge on any atom is 0.406 e. The lowest BCUT2D eigenvalue weighted by Gasteiger charge is -2.35. The highest BCUT2D eigenvalue weighted by atomic mass is 19.4. The van der Waals surface area contributed by atoms with Crippen molar-refractivity contribution in [3.05, 3.63) is 39.9 Å². The van der Waals surface area contributed by atoms with Gasteiger partial charge in [0.1, 0.15) is 6.54 Å². The van der Waals surface area contributed by atoms with Crippen LogP contribution in [0.25, 0.3) is 0 Å². The number of non-ortho nitro benzene ring substituents is 1. The minimum Gasteiger partial charge on any atom is -0.381 e. The first-order chi connectivity index (χ1) is 11.3. The third-order valence-corrected chi connectivity index (χ3v) is 3.80. The number of benzene rings is 1. The van der Waals surface area contributed by atoms with Gasteiger partial charge in [0, 0.05) is 31.4 Å². The molecule has 0 atom stereocenters. The molecule has 9 heteroatoms. The topological polar surface area (TPSA) is 72.7 Å². The molecule has 2 rings (SSSR count). The summed E-state index contributed by atoms with van der Waals surface area (Å²) in [5.74, 6) is -0.645. The molecule has 1 amide bonds. The molecule has 1 aromatic carbocycles. The fraction of sp³-hybridized carbons (Fsp3) is 0.533. The van der Waals surface area contributed by atoms with Crippen molar-refractivity contribution >= 4 is 11.6 Å². The lowest BCUT2D eigenvalue weighted by atomic mass is 10.0. The van der Waals surface area contributed by atoms with E-state index in [9.17, 15) is 28.1 Å². The number of nitro groups is 1. The quantitative estimate of drug-likeness (QED) is 0.607. The van der Waals surface area contributed by atoms with Crippen molar-refractivity contribution < 1.29 is 27.6 Å². The predicted octanol–water partition coefficient (Wildman–Crippen LogP) is 2.71. The number of ether oxygens (including phenoxy) is 1. The van der Waals surface area contributed by atoms with Gasteiger partial charge in [0.2, 0.25) is 5.91 Å². The van der Waals surface area contributed by atoms with Gasteiger partial charge in [-0.1, -0.05) is 12.1 Å². The second-order valence-electron chi connectivity index (χ2n) is 5.58. The van der Waals surface area contributed by atoms with Crippen molar-refractivity contribution in [2.24, 2.45) is 0 Å². The number of hydrogen-bond acceptors (Lipinski definition) is 4. The number of nitrogens with zero attached hydrogens (tertiary/aromatic N) is 2. The summed E-state index contributed by atoms with van der Waals surface area (Å²) >= 11 is 0. The maximum atomic E-state index is 12.8. The smallest absolute Gasteiger partial charge is 0.381 e. The highest BCUT2D eigenvalue weighted by molar-refractivity contribution is 5.79. The molecule has 0 spiro atoms. The van der Waals surface area contributed by atoms with E-state index in [0.717, 1.165) is 4.90 Å². The first kappa shape index (κ1) is 18.2. The zero-order chi connectivity index (χ0) is 17.7. The van der Waals surface area contributed by atoms with E-state index in [0.29, 0.717) is 31.6 Å². The SMILES string of the molecule is O=C(Cc1ccc([N+](=O)[O-])cc1)N(CC(F)(F)F)C1CCOCC1. The van der Waals surface area contributed by atoms with Gasteiger partial charge in [-0.3, -0.25) is 14.9 Å². The van der Waals surface area contributed by atoms with Crippen LogP contribution < -0.4 is 0 Å². The minimum absolute atomic E-state index is 0.136. The van der Waals surface area contributed by atoms with Crippen LogP contribution in [-0.4, -0.2) is 47.7 Å². The maximum absolute atomic E-state index is 12.8. The Hall–Kier alpha value is -2.16. The van der Waals surface area contributed by atoms with Crippen LogP contribution in [0.1, 0.15) is 18.4 Å². The lowest BCUT2D eigenvalue weighted by Crippen LogP contribution is -2.48. The van der Waals surface area contributed by atoms with Crippen LogP contribution in [0.4, 0.5) is 18.9 Å². The fourth-order valence-corrected chi connectivity index (χ4v) is 2.62. The number of rotatable bonds is 5. The van der Waals surface area contributed by atoms with Crippen LogP contribution in [0.15, 0.2) is 24.3 Å². The molecular formula is C15H17F3N2O4. The third-order valence-electron chi connectivity index (χ3n) is 3.80. The largest absolute Gasteiger partial charge is 0.406 e. The Bertz CT molecular complexity index is 583. The molecular weight excluding hydrogens is 329 g/mol. The van der Waals surface area contributed by atoms with Crippen molar-refractivity contribution in [2.75, 3.05) is 19.8 Å². The molecule has 0 saturated carbocycles. The van der Waals surface area contributed by atoms with E-state index in [4.69, 9.17) is 4.74 Å². The number of carbonyl (C=O) groups is 1. The van der Waals surface area contributed by atoms with Gasteiger partial charge in [-0.15, -0.1) is 0 Å². The van der Waals surface area contributed by atoms with E-state index in [1.165, 1.54) is 24.3 Å². The molecule has 1 aliphatic rings. The normalized spacial score (nSPS) is 16.0. The van der Waals surface area contributed by atoms with E-state index in [2.05, 4.69) is 0 Å². The molecule has 1 heterocycles. The summed E-state index contributed by atoms with van der Waals surface area (Å²) in [7, 11) is 0. The average molecular weight is 346 g/mol. The van der Waals surface area contributed by atoms with Gasteiger partial charge in [0.05, 0.1) is 11.3 Å². The molecule has 6 nitrogen and oxygen atoms in total. The summed E-state index contributed by atoms with van der Waals surface area (Å²) in [4.78, 5) is 23.2. The molecule has 1 saturated heterocycles. The highest BCUT2D eigenvalue weighted by Gasteiger charge is 2.36. The Balaban J connectivity index is 2.09. The zero-order valence-corrected chi connectivity index (χ0v) is 12.8. The average Bonchev–Trinajstić information content (AvgIpc) is 2.53. The van der Waals surface area contributed by atoms with Crippen molar-refractivity contribution in [2.45, 2.75) is 31.5 Å². The van der Waals surface area contributed by atoms with Crippen LogP contribution in [0.2, 0.25) is 0 Å². The molecule has 0 N–H and O–H groups in total. The summed E-state index contributed by atoms with van der Waals surface area (Å²) in [6.07, 6.45) is -3.99. The van der Waals surface area contributed by atoms with E-state index in [1.807, 2.05) is 0 Å². The molecule has 0 radical (unpaired) electrons. The number of amides is 1. The number of hydrogen-bond donors (Lipinski definition) is 0. The second kappa shape index (κ2) is 7.61. The number of carbonyl (C=O) groups excluding carboxylic acids is 1. The first-order valence-electron chi connectivity index (χ1n) is 7.43. The van der Waals surface area contributed by atoms with E-state index >= 15 is 0 Å². The van der Waals surface area contributed by atoms with Gasteiger partial charge in [-0.25, -0.2) is 0 Å². The lowest BCUT2D eigenvalue weighted by molar-refractivity contribution is -0.384. The Morgan fingerprint density at radius 1 is 1.25 bits per heavy atom. The molecule has 0 bridgehead atoms. The number of alkyl halides is 3. The van der Waals surface area contributed by atoms with Gasteiger partial charge in [-0.2, -0.15) is 13.2 Å². The molecule has 0 aliphatic carbocycles. The zero-order valence-electron chi connectivity index (χ0n) is 12.8. The third kappa shape index (κ3) is 5.19. The molecule has 132 valence electrons. The molecule has 0 aromatic heterocycles. The molecule has 1 fully saturated rings. The fourth-order valence-electron chi connectivity index (χ4n) is 2.62. The number of halogens is 3. The molecule has 24 heavy (non-hydrogen) atoms. The van der Waals surface area contributed by atoms with E-state index < -0.39 is 29.6 Å². The van der Waals surface area contributed by atoms with Crippen LogP contribution in [0.5, 0.6) is 0 Å². The predicted molar refractivity (Wildman–Crippen MR) is 78.4 cm³/mol. The Morgan fingerprint density at radius 2 is 1.83 bits per heavy atom. The molecule has 1 aromatic rings. The van der Waals surface area contributed by atoms with E-state index in [1.54, 1.807) is 0 Å². The molecule has 1 aliphatic heterocycles. The van der Waals surface area contributed by atoms with Gasteiger partial charge < -0.3 is 9.64 Å². The number of nitro benzene ring substituents is 1. The minimum atomic E-state index is -4.48. The van der Waals surface area contributed by atoms with Gasteiger partial charge in [0.25, 0.3) is 5.69 Å². The van der Waals surface area contributed by atoms with Crippen LogP contribution in [-0.2, 0) is 16.0 Å².